The summed E-state index contributed by atoms with van der Waals surface area (Å²) in [5.74, 6) is 3.06. The Hall–Kier alpha value is -7.56. The molecule has 11 rings (SSSR count). The fourth-order valence-electron chi connectivity index (χ4n) is 8.81. The van der Waals surface area contributed by atoms with Gasteiger partial charge in [0.25, 0.3) is 0 Å². The van der Waals surface area contributed by atoms with Crippen molar-refractivity contribution < 1.29 is 9.47 Å². The standard InChI is InChI=1S/C54H38N2O2/c1-3-43-44-31-37(24-26-48(44)56(47(43)4-2)42-29-39(35-16-8-5-9-17-35)28-40(30-42)36-18-10-6-11-19-36)38-25-27-49-45(32-38)46-33-53-54(58-52-23-15-14-22-51(52)57-53)34-50(46)55(49)41-20-12-7-13-21-41/h3-13,16-34H,1-2,14-15H2. The first kappa shape index (κ1) is 33.8. The summed E-state index contributed by atoms with van der Waals surface area (Å²) in [7, 11) is 0. The van der Waals surface area contributed by atoms with E-state index >= 15 is 0 Å². The highest BCUT2D eigenvalue weighted by Crippen LogP contribution is 2.46. The van der Waals surface area contributed by atoms with Crippen molar-refractivity contribution in [3.8, 4) is 56.3 Å². The molecule has 0 fully saturated rings. The average molecular weight is 747 g/mol. The summed E-state index contributed by atoms with van der Waals surface area (Å²) in [6.07, 6.45) is 10.0. The predicted octanol–water partition coefficient (Wildman–Crippen LogP) is 14.3. The molecule has 4 heteroatoms. The minimum atomic E-state index is 0.730. The van der Waals surface area contributed by atoms with Gasteiger partial charge in [0, 0.05) is 39.2 Å². The van der Waals surface area contributed by atoms with Gasteiger partial charge in [-0.05, 0) is 125 Å². The first-order valence-electron chi connectivity index (χ1n) is 19.8. The minimum absolute atomic E-state index is 0.730. The van der Waals surface area contributed by atoms with Crippen LogP contribution in [0.15, 0.2) is 195 Å². The van der Waals surface area contributed by atoms with Gasteiger partial charge in [-0.15, -0.1) is 0 Å². The first-order chi connectivity index (χ1) is 28.6. The van der Waals surface area contributed by atoms with Crippen molar-refractivity contribution in [2.75, 3.05) is 0 Å². The molecule has 3 heterocycles. The van der Waals surface area contributed by atoms with Crippen LogP contribution in [0.1, 0.15) is 24.1 Å². The third-order valence-corrected chi connectivity index (χ3v) is 11.5. The molecule has 0 radical (unpaired) electrons. The number of para-hydroxylation sites is 1. The highest BCUT2D eigenvalue weighted by atomic mass is 16.6. The van der Waals surface area contributed by atoms with E-state index < -0.39 is 0 Å². The monoisotopic (exact) mass is 746 g/mol. The van der Waals surface area contributed by atoms with E-state index in [1.807, 2.05) is 12.2 Å². The van der Waals surface area contributed by atoms with Crippen molar-refractivity contribution in [2.24, 2.45) is 0 Å². The topological polar surface area (TPSA) is 28.3 Å². The van der Waals surface area contributed by atoms with Crippen LogP contribution in [-0.2, 0) is 0 Å². The Morgan fingerprint density at radius 3 is 1.53 bits per heavy atom. The van der Waals surface area contributed by atoms with Crippen molar-refractivity contribution in [2.45, 2.75) is 12.8 Å². The second kappa shape index (κ2) is 13.6. The zero-order valence-electron chi connectivity index (χ0n) is 31.9. The number of hydrogen-bond acceptors (Lipinski definition) is 2. The second-order valence-corrected chi connectivity index (χ2v) is 14.9. The third kappa shape index (κ3) is 5.45. The molecular formula is C54H38N2O2. The van der Waals surface area contributed by atoms with Gasteiger partial charge in [-0.1, -0.05) is 110 Å². The van der Waals surface area contributed by atoms with E-state index in [2.05, 4.69) is 192 Å². The summed E-state index contributed by atoms with van der Waals surface area (Å²) in [4.78, 5) is 0. The summed E-state index contributed by atoms with van der Waals surface area (Å²) in [6, 6.07) is 56.4. The maximum atomic E-state index is 6.46. The Bertz CT molecular complexity index is 3120. The van der Waals surface area contributed by atoms with E-state index in [4.69, 9.17) is 9.47 Å². The Labute approximate surface area is 337 Å². The summed E-state index contributed by atoms with van der Waals surface area (Å²) in [5.41, 5.74) is 14.4. The quantitative estimate of drug-likeness (QED) is 0.162. The van der Waals surface area contributed by atoms with E-state index in [1.165, 1.54) is 11.1 Å². The Morgan fingerprint density at radius 2 is 0.948 bits per heavy atom. The molecule has 0 saturated heterocycles. The van der Waals surface area contributed by atoms with E-state index in [0.29, 0.717) is 0 Å². The second-order valence-electron chi connectivity index (χ2n) is 14.9. The number of nitrogens with zero attached hydrogens (tertiary/aromatic N) is 2. The minimum Gasteiger partial charge on any atom is -0.450 e. The lowest BCUT2D eigenvalue weighted by Gasteiger charge is -2.25. The van der Waals surface area contributed by atoms with E-state index in [1.54, 1.807) is 0 Å². The normalized spacial score (nSPS) is 13.3. The molecule has 2 aromatic heterocycles. The molecule has 0 saturated carbocycles. The molecule has 7 aromatic carbocycles. The number of fused-ring (bicyclic) bond motifs is 6. The van der Waals surface area contributed by atoms with E-state index in [0.717, 1.165) is 113 Å². The lowest BCUT2D eigenvalue weighted by atomic mass is 9.98. The molecule has 2 aliphatic rings. The summed E-state index contributed by atoms with van der Waals surface area (Å²) in [5, 5.41) is 3.36. The van der Waals surface area contributed by atoms with Crippen molar-refractivity contribution >= 4 is 44.9 Å². The van der Waals surface area contributed by atoms with Gasteiger partial charge >= 0.3 is 0 Å². The van der Waals surface area contributed by atoms with Gasteiger partial charge in [-0.3, -0.25) is 0 Å². The van der Waals surface area contributed by atoms with Crippen LogP contribution in [-0.4, -0.2) is 9.13 Å². The maximum absolute atomic E-state index is 6.46. The Morgan fingerprint density at radius 1 is 0.414 bits per heavy atom. The van der Waals surface area contributed by atoms with Crippen LogP contribution in [0.5, 0.6) is 11.5 Å². The van der Waals surface area contributed by atoms with Crippen molar-refractivity contribution in [3.05, 3.63) is 206 Å². The summed E-state index contributed by atoms with van der Waals surface area (Å²) in [6.45, 7) is 8.61. The van der Waals surface area contributed by atoms with Gasteiger partial charge in [0.15, 0.2) is 23.0 Å². The molecule has 0 unspecified atom stereocenters. The molecule has 0 amide bonds. The Balaban J connectivity index is 1.09. The highest BCUT2D eigenvalue weighted by molar-refractivity contribution is 6.12. The maximum Gasteiger partial charge on any atom is 0.172 e. The van der Waals surface area contributed by atoms with Crippen LogP contribution in [0.25, 0.3) is 89.6 Å². The summed E-state index contributed by atoms with van der Waals surface area (Å²) < 4.78 is 17.5. The molecule has 9 aromatic rings. The van der Waals surface area contributed by atoms with Crippen molar-refractivity contribution in [1.82, 2.24) is 9.13 Å². The van der Waals surface area contributed by atoms with Crippen LogP contribution in [0.4, 0.5) is 0 Å². The average Bonchev–Trinajstić information content (AvgIpc) is 3.79. The van der Waals surface area contributed by atoms with Crippen LogP contribution < -0.4 is 9.47 Å². The number of allylic oxidation sites excluding steroid dienone is 2. The number of hydrogen-bond donors (Lipinski definition) is 0. The Kier molecular flexibility index (Phi) is 7.90. The van der Waals surface area contributed by atoms with Gasteiger partial charge in [-0.2, -0.15) is 0 Å². The number of rotatable bonds is 7. The molecule has 0 atom stereocenters. The zero-order chi connectivity index (χ0) is 38.7. The van der Waals surface area contributed by atoms with Crippen LogP contribution in [0.2, 0.25) is 0 Å². The van der Waals surface area contributed by atoms with Crippen molar-refractivity contribution in [3.63, 3.8) is 0 Å². The predicted molar refractivity (Wildman–Crippen MR) is 241 cm³/mol. The molecule has 58 heavy (non-hydrogen) atoms. The summed E-state index contributed by atoms with van der Waals surface area (Å²) >= 11 is 0. The van der Waals surface area contributed by atoms with Crippen molar-refractivity contribution in [1.29, 1.82) is 0 Å². The fourth-order valence-corrected chi connectivity index (χ4v) is 8.81. The lowest BCUT2D eigenvalue weighted by Crippen LogP contribution is -2.14. The lowest BCUT2D eigenvalue weighted by molar-refractivity contribution is 0.289. The fraction of sp³-hybridized carbons (Fsp3) is 0.0370. The molecular weight excluding hydrogens is 709 g/mol. The van der Waals surface area contributed by atoms with E-state index in [-0.39, 0.29) is 0 Å². The largest absolute Gasteiger partial charge is 0.450 e. The van der Waals surface area contributed by atoms with Gasteiger partial charge in [0.2, 0.25) is 0 Å². The molecule has 0 bridgehead atoms. The number of aromatic nitrogens is 2. The van der Waals surface area contributed by atoms with E-state index in [9.17, 15) is 0 Å². The molecule has 0 N–H and O–H groups in total. The van der Waals surface area contributed by atoms with Crippen LogP contribution in [0, 0.1) is 0 Å². The van der Waals surface area contributed by atoms with Gasteiger partial charge in [0.05, 0.1) is 22.2 Å². The van der Waals surface area contributed by atoms with Crippen LogP contribution in [0.3, 0.4) is 0 Å². The molecule has 1 aliphatic carbocycles. The highest BCUT2D eigenvalue weighted by Gasteiger charge is 2.26. The number of benzene rings is 7. The SMILES string of the molecule is C=Cc1c(C=C)n(-c2cc(-c3ccccc3)cc(-c3ccccc3)c2)c2ccc(-c3ccc4c(c3)c3cc5c(cc3n4-c3ccccc3)OC3=CCCC=C3O5)cc12. The third-order valence-electron chi connectivity index (χ3n) is 11.5. The van der Waals surface area contributed by atoms with Gasteiger partial charge < -0.3 is 18.6 Å². The molecule has 276 valence electrons. The zero-order valence-corrected chi connectivity index (χ0v) is 31.9. The molecule has 4 nitrogen and oxygen atoms in total. The smallest absolute Gasteiger partial charge is 0.172 e. The van der Waals surface area contributed by atoms with Crippen LogP contribution >= 0.6 is 0 Å². The molecule has 1 aliphatic heterocycles. The van der Waals surface area contributed by atoms with Gasteiger partial charge in [-0.25, -0.2) is 0 Å². The molecule has 0 spiro atoms. The van der Waals surface area contributed by atoms with Gasteiger partial charge in [0.1, 0.15) is 0 Å². The first-order valence-corrected chi connectivity index (χ1v) is 19.8. The number of ether oxygens (including phenoxy) is 2.